The fourth-order valence-electron chi connectivity index (χ4n) is 2.11. The number of hydrogen-bond donors (Lipinski definition) is 2. The van der Waals surface area contributed by atoms with Crippen LogP contribution in [0.2, 0.25) is 5.02 Å². The predicted molar refractivity (Wildman–Crippen MR) is 84.3 cm³/mol. The quantitative estimate of drug-likeness (QED) is 0.755. The number of ether oxygens (including phenoxy) is 1. The normalized spacial score (nSPS) is 11.2. The van der Waals surface area contributed by atoms with Crippen LogP contribution in [-0.4, -0.2) is 24.1 Å². The summed E-state index contributed by atoms with van der Waals surface area (Å²) in [5, 5.41) is 10.5. The van der Waals surface area contributed by atoms with Gasteiger partial charge in [0.15, 0.2) is 0 Å². The van der Waals surface area contributed by atoms with Crippen molar-refractivity contribution in [1.29, 1.82) is 0 Å². The summed E-state index contributed by atoms with van der Waals surface area (Å²) >= 11 is 5.74. The summed E-state index contributed by atoms with van der Waals surface area (Å²) in [6.45, 7) is 0. The average Bonchev–Trinajstić information content (AvgIpc) is 2.52. The van der Waals surface area contributed by atoms with Crippen molar-refractivity contribution in [1.82, 2.24) is 0 Å². The molecule has 0 aliphatic rings. The maximum Gasteiger partial charge on any atom is 0.420 e. The number of halogens is 5. The first-order chi connectivity index (χ1) is 12.0. The van der Waals surface area contributed by atoms with Gasteiger partial charge in [-0.15, -0.1) is 0 Å². The van der Waals surface area contributed by atoms with E-state index in [9.17, 15) is 27.2 Å². The Morgan fingerprint density at radius 2 is 1.85 bits per heavy atom. The molecule has 0 aliphatic carbocycles. The van der Waals surface area contributed by atoms with Crippen molar-refractivity contribution in [2.75, 3.05) is 12.4 Å². The largest absolute Gasteiger partial charge is 0.495 e. The number of carbonyl (C=O) groups excluding carboxylic acids is 1. The van der Waals surface area contributed by atoms with Gasteiger partial charge >= 0.3 is 12.1 Å². The molecular weight excluding hydrogens is 382 g/mol. The summed E-state index contributed by atoms with van der Waals surface area (Å²) in [5.74, 6) is -4.24. The molecule has 26 heavy (non-hydrogen) atoms. The highest BCUT2D eigenvalue weighted by atomic mass is 35.5. The third-order valence-corrected chi connectivity index (χ3v) is 3.55. The molecule has 0 saturated heterocycles. The Hall–Kier alpha value is -2.81. The number of amides is 1. The number of methoxy groups -OCH3 is 1. The topological polar surface area (TPSA) is 75.6 Å². The van der Waals surface area contributed by atoms with E-state index in [1.165, 1.54) is 0 Å². The minimum atomic E-state index is -4.82. The van der Waals surface area contributed by atoms with E-state index in [4.69, 9.17) is 16.7 Å². The molecule has 2 aromatic carbocycles. The summed E-state index contributed by atoms with van der Waals surface area (Å²) in [5.41, 5.74) is -2.44. The number of alkyl halides is 3. The van der Waals surface area contributed by atoms with Crippen LogP contribution in [0.3, 0.4) is 0 Å². The molecular formula is C16H10ClF4NO4. The van der Waals surface area contributed by atoms with Crippen molar-refractivity contribution >= 4 is 29.2 Å². The number of nitrogens with one attached hydrogen (secondary N) is 1. The molecule has 0 radical (unpaired) electrons. The van der Waals surface area contributed by atoms with E-state index in [-0.39, 0.29) is 5.69 Å². The third-order valence-electron chi connectivity index (χ3n) is 3.27. The zero-order valence-electron chi connectivity index (χ0n) is 12.9. The van der Waals surface area contributed by atoms with Crippen LogP contribution >= 0.6 is 11.6 Å². The number of carboxylic acid groups (broad SMARTS) is 1. The molecule has 1 amide bonds. The van der Waals surface area contributed by atoms with Crippen molar-refractivity contribution in [2.24, 2.45) is 0 Å². The van der Waals surface area contributed by atoms with Crippen LogP contribution in [0.5, 0.6) is 5.75 Å². The van der Waals surface area contributed by atoms with Crippen LogP contribution in [0.25, 0.3) is 0 Å². The molecule has 5 nitrogen and oxygen atoms in total. The van der Waals surface area contributed by atoms with Gasteiger partial charge < -0.3 is 15.2 Å². The van der Waals surface area contributed by atoms with Gasteiger partial charge in [-0.05, 0) is 30.3 Å². The minimum absolute atomic E-state index is 0.141. The Bertz CT molecular complexity index is 883. The van der Waals surface area contributed by atoms with Gasteiger partial charge in [0.1, 0.15) is 11.6 Å². The highest BCUT2D eigenvalue weighted by Crippen LogP contribution is 2.41. The van der Waals surface area contributed by atoms with Crippen LogP contribution in [-0.2, 0) is 6.18 Å². The van der Waals surface area contributed by atoms with Gasteiger partial charge in [0.05, 0.1) is 23.3 Å². The van der Waals surface area contributed by atoms with Crippen molar-refractivity contribution in [3.63, 3.8) is 0 Å². The van der Waals surface area contributed by atoms with E-state index in [2.05, 4.69) is 10.1 Å². The fraction of sp³-hybridized carbons (Fsp3) is 0.125. The van der Waals surface area contributed by atoms with Crippen molar-refractivity contribution < 1.29 is 37.0 Å². The lowest BCUT2D eigenvalue weighted by Crippen LogP contribution is -2.15. The van der Waals surface area contributed by atoms with E-state index < -0.39 is 51.3 Å². The summed E-state index contributed by atoms with van der Waals surface area (Å²) < 4.78 is 57.5. The van der Waals surface area contributed by atoms with Crippen LogP contribution < -0.4 is 10.1 Å². The summed E-state index contributed by atoms with van der Waals surface area (Å²) in [4.78, 5) is 22.9. The molecule has 10 heteroatoms. The van der Waals surface area contributed by atoms with Crippen LogP contribution in [0.15, 0.2) is 30.3 Å². The first-order valence-electron chi connectivity index (χ1n) is 6.83. The molecule has 2 rings (SSSR count). The summed E-state index contributed by atoms with van der Waals surface area (Å²) in [7, 11) is 1.00. The number of aromatic carboxylic acids is 1. The van der Waals surface area contributed by atoms with Crippen LogP contribution in [0.1, 0.15) is 26.3 Å². The zero-order chi connectivity index (χ0) is 19.6. The lowest BCUT2D eigenvalue weighted by molar-refractivity contribution is -0.138. The van der Waals surface area contributed by atoms with Gasteiger partial charge in [-0.3, -0.25) is 4.79 Å². The lowest BCUT2D eigenvalue weighted by atomic mass is 10.1. The minimum Gasteiger partial charge on any atom is -0.495 e. The van der Waals surface area contributed by atoms with E-state index in [0.29, 0.717) is 6.07 Å². The van der Waals surface area contributed by atoms with Crippen molar-refractivity contribution in [3.8, 4) is 5.75 Å². The van der Waals surface area contributed by atoms with E-state index in [0.717, 1.165) is 31.4 Å². The Kier molecular flexibility index (Phi) is 5.41. The average molecular weight is 392 g/mol. The molecule has 0 atom stereocenters. The maximum absolute atomic E-state index is 13.6. The van der Waals surface area contributed by atoms with Gasteiger partial charge in [-0.25, -0.2) is 9.18 Å². The molecule has 2 N–H and O–H groups in total. The van der Waals surface area contributed by atoms with Gasteiger partial charge in [0, 0.05) is 11.3 Å². The van der Waals surface area contributed by atoms with Gasteiger partial charge in [-0.1, -0.05) is 11.6 Å². The van der Waals surface area contributed by atoms with E-state index >= 15 is 0 Å². The second-order valence-corrected chi connectivity index (χ2v) is 5.40. The maximum atomic E-state index is 13.6. The van der Waals surface area contributed by atoms with Crippen LogP contribution in [0, 0.1) is 5.82 Å². The lowest BCUT2D eigenvalue weighted by Gasteiger charge is -2.15. The monoisotopic (exact) mass is 391 g/mol. The molecule has 0 saturated carbocycles. The fourth-order valence-corrected chi connectivity index (χ4v) is 2.41. The van der Waals surface area contributed by atoms with E-state index in [1.54, 1.807) is 0 Å². The van der Waals surface area contributed by atoms with Gasteiger partial charge in [0.25, 0.3) is 5.91 Å². The number of hydrogen-bond acceptors (Lipinski definition) is 3. The Morgan fingerprint density at radius 1 is 1.19 bits per heavy atom. The second kappa shape index (κ2) is 7.20. The molecule has 0 heterocycles. The number of carbonyl (C=O) groups is 2. The standard InChI is InChI=1S/C16H10ClF4NO4/c1-26-13-10(16(19,20)21)4-7(5-11(13)17)14(23)22-8-2-3-9(15(24)25)12(18)6-8/h2-6H,1H3,(H,22,23)(H,24,25). The first kappa shape index (κ1) is 19.5. The Morgan fingerprint density at radius 3 is 2.35 bits per heavy atom. The van der Waals surface area contributed by atoms with Crippen molar-refractivity contribution in [2.45, 2.75) is 6.18 Å². The van der Waals surface area contributed by atoms with Gasteiger partial charge in [-0.2, -0.15) is 13.2 Å². The molecule has 138 valence electrons. The Balaban J connectivity index is 2.37. The highest BCUT2D eigenvalue weighted by molar-refractivity contribution is 6.32. The van der Waals surface area contributed by atoms with Crippen LogP contribution in [0.4, 0.5) is 23.2 Å². The molecule has 0 aromatic heterocycles. The Labute approximate surface area is 149 Å². The number of carboxylic acids is 1. The SMILES string of the molecule is COc1c(Cl)cc(C(=O)Nc2ccc(C(=O)O)c(F)c2)cc1C(F)(F)F. The number of benzene rings is 2. The molecule has 0 fully saturated rings. The highest BCUT2D eigenvalue weighted by Gasteiger charge is 2.36. The second-order valence-electron chi connectivity index (χ2n) is 4.99. The van der Waals surface area contributed by atoms with Crippen molar-refractivity contribution in [3.05, 3.63) is 57.9 Å². The summed E-state index contributed by atoms with van der Waals surface area (Å²) in [6.07, 6.45) is -4.82. The number of anilines is 1. The zero-order valence-corrected chi connectivity index (χ0v) is 13.7. The number of rotatable bonds is 4. The molecule has 0 aliphatic heterocycles. The molecule has 0 spiro atoms. The molecule has 2 aromatic rings. The third kappa shape index (κ3) is 4.05. The van der Waals surface area contributed by atoms with Gasteiger partial charge in [0.2, 0.25) is 0 Å². The first-order valence-corrected chi connectivity index (χ1v) is 7.21. The summed E-state index contributed by atoms with van der Waals surface area (Å²) in [6, 6.07) is 4.25. The molecule has 0 unspecified atom stereocenters. The molecule has 0 bridgehead atoms. The predicted octanol–water partition coefficient (Wildman–Crippen LogP) is 4.46. The smallest absolute Gasteiger partial charge is 0.420 e. The van der Waals surface area contributed by atoms with E-state index in [1.807, 2.05) is 0 Å².